The van der Waals surface area contributed by atoms with E-state index >= 15 is 0 Å². The monoisotopic (exact) mass is 293 g/mol. The summed E-state index contributed by atoms with van der Waals surface area (Å²) in [6, 6.07) is 0.352. The zero-order valence-electron chi connectivity index (χ0n) is 14.2. The van der Waals surface area contributed by atoms with Gasteiger partial charge in [-0.25, -0.2) is 0 Å². The SMILES string of the molecule is CCNC(c1c(OC)cnn1C)C1CCC(C(C)C)CC1. The van der Waals surface area contributed by atoms with Crippen molar-refractivity contribution in [1.82, 2.24) is 15.1 Å². The van der Waals surface area contributed by atoms with Gasteiger partial charge in [0.25, 0.3) is 0 Å². The Bertz CT molecular complexity index is 433. The van der Waals surface area contributed by atoms with Crippen LogP contribution in [0.2, 0.25) is 0 Å². The minimum Gasteiger partial charge on any atom is -0.493 e. The summed E-state index contributed by atoms with van der Waals surface area (Å²) >= 11 is 0. The first kappa shape index (κ1) is 16.3. The van der Waals surface area contributed by atoms with Crippen molar-refractivity contribution < 1.29 is 4.74 Å². The smallest absolute Gasteiger partial charge is 0.161 e. The van der Waals surface area contributed by atoms with Gasteiger partial charge in [-0.2, -0.15) is 5.10 Å². The first-order valence-corrected chi connectivity index (χ1v) is 8.37. The first-order valence-electron chi connectivity index (χ1n) is 8.37. The molecule has 1 aromatic heterocycles. The molecule has 1 aliphatic rings. The Morgan fingerprint density at radius 3 is 2.43 bits per heavy atom. The summed E-state index contributed by atoms with van der Waals surface area (Å²) in [5, 5.41) is 8.05. The van der Waals surface area contributed by atoms with Gasteiger partial charge in [-0.05, 0) is 50.0 Å². The molecule has 0 spiro atoms. The van der Waals surface area contributed by atoms with Crippen LogP contribution in [0, 0.1) is 17.8 Å². The Morgan fingerprint density at radius 2 is 1.90 bits per heavy atom. The molecule has 0 aromatic carbocycles. The van der Waals surface area contributed by atoms with Crippen LogP contribution in [-0.4, -0.2) is 23.4 Å². The normalized spacial score (nSPS) is 24.3. The highest BCUT2D eigenvalue weighted by atomic mass is 16.5. The number of hydrogen-bond donors (Lipinski definition) is 1. The molecule has 1 saturated carbocycles. The molecule has 0 radical (unpaired) electrons. The molecule has 0 amide bonds. The molecule has 1 aromatic rings. The third-order valence-corrected chi connectivity index (χ3v) is 5.12. The van der Waals surface area contributed by atoms with E-state index in [1.807, 2.05) is 17.9 Å². The zero-order chi connectivity index (χ0) is 15.4. The van der Waals surface area contributed by atoms with Gasteiger partial charge < -0.3 is 10.1 Å². The fraction of sp³-hybridized carbons (Fsp3) is 0.824. The number of hydrogen-bond acceptors (Lipinski definition) is 3. The van der Waals surface area contributed by atoms with E-state index in [0.29, 0.717) is 12.0 Å². The van der Waals surface area contributed by atoms with Gasteiger partial charge in [-0.3, -0.25) is 4.68 Å². The first-order chi connectivity index (χ1) is 10.1. The molecule has 1 aliphatic carbocycles. The van der Waals surface area contributed by atoms with Crippen molar-refractivity contribution in [3.8, 4) is 5.75 Å². The van der Waals surface area contributed by atoms with Crippen LogP contribution >= 0.6 is 0 Å². The minimum absolute atomic E-state index is 0.352. The van der Waals surface area contributed by atoms with Crippen LogP contribution in [0.1, 0.15) is 58.2 Å². The van der Waals surface area contributed by atoms with Crippen LogP contribution in [-0.2, 0) is 7.05 Å². The standard InChI is InChI=1S/C17H31N3O/c1-6-18-16(17-15(21-5)11-19-20(17)4)14-9-7-13(8-10-14)12(2)3/h11-14,16,18H,6-10H2,1-5H3. The molecule has 1 fully saturated rings. The van der Waals surface area contributed by atoms with Crippen molar-refractivity contribution in [1.29, 1.82) is 0 Å². The van der Waals surface area contributed by atoms with E-state index in [9.17, 15) is 0 Å². The molecule has 1 atom stereocenters. The number of ether oxygens (including phenoxy) is 1. The van der Waals surface area contributed by atoms with Crippen molar-refractivity contribution in [3.05, 3.63) is 11.9 Å². The molecule has 1 unspecified atom stereocenters. The molecule has 0 bridgehead atoms. The van der Waals surface area contributed by atoms with E-state index in [0.717, 1.165) is 24.1 Å². The lowest BCUT2D eigenvalue weighted by Crippen LogP contribution is -2.33. The van der Waals surface area contributed by atoms with Gasteiger partial charge >= 0.3 is 0 Å². The van der Waals surface area contributed by atoms with Gasteiger partial charge in [0.05, 0.1) is 25.0 Å². The van der Waals surface area contributed by atoms with Crippen LogP contribution < -0.4 is 10.1 Å². The molecule has 21 heavy (non-hydrogen) atoms. The minimum atomic E-state index is 0.352. The molecule has 2 rings (SSSR count). The summed E-state index contributed by atoms with van der Waals surface area (Å²) in [6.07, 6.45) is 7.14. The largest absolute Gasteiger partial charge is 0.493 e. The van der Waals surface area contributed by atoms with E-state index < -0.39 is 0 Å². The fourth-order valence-corrected chi connectivity index (χ4v) is 3.79. The Kier molecular flexibility index (Phi) is 5.68. The molecule has 4 heteroatoms. The van der Waals surface area contributed by atoms with Gasteiger partial charge in [-0.1, -0.05) is 20.8 Å². The number of nitrogens with one attached hydrogen (secondary N) is 1. The topological polar surface area (TPSA) is 39.1 Å². The highest BCUT2D eigenvalue weighted by Crippen LogP contribution is 2.41. The second-order valence-electron chi connectivity index (χ2n) is 6.68. The lowest BCUT2D eigenvalue weighted by molar-refractivity contribution is 0.184. The van der Waals surface area contributed by atoms with E-state index in [2.05, 4.69) is 31.2 Å². The second-order valence-corrected chi connectivity index (χ2v) is 6.68. The third kappa shape index (κ3) is 3.60. The quantitative estimate of drug-likeness (QED) is 0.872. The van der Waals surface area contributed by atoms with Crippen molar-refractivity contribution >= 4 is 0 Å². The van der Waals surface area contributed by atoms with E-state index in [-0.39, 0.29) is 0 Å². The van der Waals surface area contributed by atoms with Crippen molar-refractivity contribution in [2.24, 2.45) is 24.8 Å². The predicted molar refractivity (Wildman–Crippen MR) is 86.5 cm³/mol. The lowest BCUT2D eigenvalue weighted by Gasteiger charge is -2.36. The number of nitrogens with zero attached hydrogens (tertiary/aromatic N) is 2. The lowest BCUT2D eigenvalue weighted by atomic mass is 9.74. The summed E-state index contributed by atoms with van der Waals surface area (Å²) in [7, 11) is 3.75. The maximum absolute atomic E-state index is 5.52. The van der Waals surface area contributed by atoms with E-state index in [4.69, 9.17) is 4.74 Å². The van der Waals surface area contributed by atoms with Crippen LogP contribution in [0.5, 0.6) is 5.75 Å². The van der Waals surface area contributed by atoms with Crippen molar-refractivity contribution in [2.45, 2.75) is 52.5 Å². The van der Waals surface area contributed by atoms with Crippen molar-refractivity contribution in [2.75, 3.05) is 13.7 Å². The summed E-state index contributed by atoms with van der Waals surface area (Å²) in [5.41, 5.74) is 1.20. The molecular formula is C17H31N3O. The molecule has 1 N–H and O–H groups in total. The highest BCUT2D eigenvalue weighted by molar-refractivity contribution is 5.28. The van der Waals surface area contributed by atoms with Crippen molar-refractivity contribution in [3.63, 3.8) is 0 Å². The maximum Gasteiger partial charge on any atom is 0.161 e. The Labute approximate surface area is 129 Å². The number of methoxy groups -OCH3 is 1. The second kappa shape index (κ2) is 7.30. The Morgan fingerprint density at radius 1 is 1.29 bits per heavy atom. The van der Waals surface area contributed by atoms with Crippen LogP contribution in [0.3, 0.4) is 0 Å². The molecule has 1 heterocycles. The third-order valence-electron chi connectivity index (χ3n) is 5.12. The number of rotatable bonds is 6. The highest BCUT2D eigenvalue weighted by Gasteiger charge is 2.32. The average Bonchev–Trinajstić information content (AvgIpc) is 2.86. The van der Waals surface area contributed by atoms with Gasteiger partial charge in [0.15, 0.2) is 5.75 Å². The fourth-order valence-electron chi connectivity index (χ4n) is 3.79. The summed E-state index contributed by atoms with van der Waals surface area (Å²) in [5.74, 6) is 3.31. The van der Waals surface area contributed by atoms with E-state index in [1.165, 1.54) is 31.4 Å². The Hall–Kier alpha value is -1.03. The summed E-state index contributed by atoms with van der Waals surface area (Å²) in [4.78, 5) is 0. The number of aromatic nitrogens is 2. The maximum atomic E-state index is 5.52. The molecular weight excluding hydrogens is 262 g/mol. The van der Waals surface area contributed by atoms with Gasteiger partial charge in [0, 0.05) is 7.05 Å². The molecule has 0 aliphatic heterocycles. The zero-order valence-corrected chi connectivity index (χ0v) is 14.2. The number of aryl methyl sites for hydroxylation is 1. The van der Waals surface area contributed by atoms with Crippen LogP contribution in [0.4, 0.5) is 0 Å². The predicted octanol–water partition coefficient (Wildman–Crippen LogP) is 3.54. The molecule has 4 nitrogen and oxygen atoms in total. The van der Waals surface area contributed by atoms with Crippen LogP contribution in [0.15, 0.2) is 6.20 Å². The molecule has 0 saturated heterocycles. The van der Waals surface area contributed by atoms with Gasteiger partial charge in [0.2, 0.25) is 0 Å². The van der Waals surface area contributed by atoms with Gasteiger partial charge in [-0.15, -0.1) is 0 Å². The molecule has 120 valence electrons. The van der Waals surface area contributed by atoms with E-state index in [1.54, 1.807) is 7.11 Å². The average molecular weight is 293 g/mol. The summed E-state index contributed by atoms with van der Waals surface area (Å²) < 4.78 is 7.49. The van der Waals surface area contributed by atoms with Crippen LogP contribution in [0.25, 0.3) is 0 Å². The summed E-state index contributed by atoms with van der Waals surface area (Å²) in [6.45, 7) is 7.87. The van der Waals surface area contributed by atoms with Gasteiger partial charge in [0.1, 0.15) is 0 Å². The Balaban J connectivity index is 2.14.